The Hall–Kier alpha value is -1.46. The van der Waals surface area contributed by atoms with E-state index in [0.29, 0.717) is 6.42 Å². The van der Waals surface area contributed by atoms with E-state index in [4.69, 9.17) is 9.84 Å². The third-order valence-corrected chi connectivity index (χ3v) is 4.29. The van der Waals surface area contributed by atoms with E-state index in [-0.39, 0.29) is 23.1 Å². The van der Waals surface area contributed by atoms with Gasteiger partial charge in [0.05, 0.1) is 11.5 Å². The van der Waals surface area contributed by atoms with E-state index in [9.17, 15) is 12.8 Å². The van der Waals surface area contributed by atoms with E-state index in [1.165, 1.54) is 7.11 Å². The molecule has 0 saturated carbocycles. The predicted octanol–water partition coefficient (Wildman–Crippen LogP) is 0.873. The molecule has 1 atom stereocenters. The Morgan fingerprint density at radius 2 is 2.19 bits per heavy atom. The van der Waals surface area contributed by atoms with Crippen LogP contribution < -0.4 is 4.72 Å². The third-order valence-electron chi connectivity index (χ3n) is 2.72. The smallest absolute Gasteiger partial charge is 0.242 e. The monoisotopic (exact) mass is 315 g/mol. The number of hydrogen-bond donors (Lipinski definition) is 2. The van der Waals surface area contributed by atoms with E-state index >= 15 is 0 Å². The molecule has 0 aliphatic rings. The van der Waals surface area contributed by atoms with Gasteiger partial charge in [0.15, 0.2) is 0 Å². The highest BCUT2D eigenvalue weighted by atomic mass is 32.2. The Morgan fingerprint density at radius 3 is 2.76 bits per heavy atom. The number of ether oxygens (including phenoxy) is 1. The summed E-state index contributed by atoms with van der Waals surface area (Å²) in [6.07, 6.45) is 0.548. The summed E-state index contributed by atoms with van der Waals surface area (Å²) in [6, 6.07) is 2.84. The molecule has 0 amide bonds. The SMILES string of the molecule is CCC(COC)NS(=O)(=O)c1ccc(F)cc1C#CCO. The van der Waals surface area contributed by atoms with Crippen molar-refractivity contribution in [3.8, 4) is 11.8 Å². The van der Waals surface area contributed by atoms with Gasteiger partial charge in [-0.2, -0.15) is 0 Å². The lowest BCUT2D eigenvalue weighted by Gasteiger charge is -2.16. The van der Waals surface area contributed by atoms with Gasteiger partial charge in [0, 0.05) is 18.7 Å². The lowest BCUT2D eigenvalue weighted by atomic mass is 10.2. The molecule has 21 heavy (non-hydrogen) atoms. The van der Waals surface area contributed by atoms with Crippen molar-refractivity contribution in [2.45, 2.75) is 24.3 Å². The minimum absolute atomic E-state index is 0.00354. The summed E-state index contributed by atoms with van der Waals surface area (Å²) in [5.74, 6) is 4.16. The van der Waals surface area contributed by atoms with E-state index in [1.807, 2.05) is 6.92 Å². The Balaban J connectivity index is 3.18. The van der Waals surface area contributed by atoms with E-state index < -0.39 is 22.4 Å². The maximum Gasteiger partial charge on any atom is 0.242 e. The van der Waals surface area contributed by atoms with Gasteiger partial charge in [0.1, 0.15) is 12.4 Å². The van der Waals surface area contributed by atoms with Crippen LogP contribution in [0.4, 0.5) is 4.39 Å². The zero-order chi connectivity index (χ0) is 15.9. The summed E-state index contributed by atoms with van der Waals surface area (Å²) in [7, 11) is -2.37. The van der Waals surface area contributed by atoms with Gasteiger partial charge in [-0.15, -0.1) is 0 Å². The van der Waals surface area contributed by atoms with Crippen LogP contribution in [0.3, 0.4) is 0 Å². The zero-order valence-electron chi connectivity index (χ0n) is 11.9. The Bertz CT molecular complexity index is 634. The van der Waals surface area contributed by atoms with Gasteiger partial charge in [0.2, 0.25) is 10.0 Å². The number of nitrogens with one attached hydrogen (secondary N) is 1. The molecule has 116 valence electrons. The van der Waals surface area contributed by atoms with Crippen LogP contribution in [-0.4, -0.2) is 39.9 Å². The number of benzene rings is 1. The highest BCUT2D eigenvalue weighted by Crippen LogP contribution is 2.17. The van der Waals surface area contributed by atoms with Crippen molar-refractivity contribution in [2.24, 2.45) is 0 Å². The zero-order valence-corrected chi connectivity index (χ0v) is 12.7. The maximum absolute atomic E-state index is 13.2. The van der Waals surface area contributed by atoms with Crippen LogP contribution >= 0.6 is 0 Å². The van der Waals surface area contributed by atoms with Gasteiger partial charge in [-0.1, -0.05) is 18.8 Å². The van der Waals surface area contributed by atoms with Gasteiger partial charge in [0.25, 0.3) is 0 Å². The molecule has 0 aromatic heterocycles. The summed E-state index contributed by atoms with van der Waals surface area (Å²) in [4.78, 5) is -0.126. The van der Waals surface area contributed by atoms with E-state index in [1.54, 1.807) is 0 Å². The first-order chi connectivity index (χ1) is 9.94. The first-order valence-corrected chi connectivity index (χ1v) is 7.83. The second-order valence-electron chi connectivity index (χ2n) is 4.28. The molecule has 1 unspecified atom stereocenters. The first kappa shape index (κ1) is 17.6. The Labute approximate surface area is 124 Å². The molecule has 0 heterocycles. The molecule has 2 N–H and O–H groups in total. The second-order valence-corrected chi connectivity index (χ2v) is 5.96. The topological polar surface area (TPSA) is 75.6 Å². The van der Waals surface area contributed by atoms with Crippen molar-refractivity contribution in [1.82, 2.24) is 4.72 Å². The Morgan fingerprint density at radius 1 is 1.48 bits per heavy atom. The highest BCUT2D eigenvalue weighted by Gasteiger charge is 2.22. The summed E-state index contributed by atoms with van der Waals surface area (Å²) >= 11 is 0. The highest BCUT2D eigenvalue weighted by molar-refractivity contribution is 7.89. The molecule has 1 aromatic carbocycles. The second kappa shape index (κ2) is 8.10. The summed E-state index contributed by atoms with van der Waals surface area (Å²) in [5.41, 5.74) is 0.00354. The van der Waals surface area contributed by atoms with Crippen LogP contribution in [0.1, 0.15) is 18.9 Å². The fourth-order valence-corrected chi connectivity index (χ4v) is 3.14. The van der Waals surface area contributed by atoms with Crippen molar-refractivity contribution >= 4 is 10.0 Å². The molecule has 0 saturated heterocycles. The molecular formula is C14H18FNO4S. The fourth-order valence-electron chi connectivity index (χ4n) is 1.69. The van der Waals surface area contributed by atoms with Gasteiger partial charge in [-0.05, 0) is 24.6 Å². The van der Waals surface area contributed by atoms with Gasteiger partial charge < -0.3 is 9.84 Å². The number of methoxy groups -OCH3 is 1. The molecular weight excluding hydrogens is 297 g/mol. The number of rotatable bonds is 6. The molecule has 0 aliphatic heterocycles. The Kier molecular flexibility index (Phi) is 6.78. The van der Waals surface area contributed by atoms with Gasteiger partial charge >= 0.3 is 0 Å². The molecule has 0 fully saturated rings. The lowest BCUT2D eigenvalue weighted by Crippen LogP contribution is -2.37. The van der Waals surface area contributed by atoms with Crippen molar-refractivity contribution in [2.75, 3.05) is 20.3 Å². The summed E-state index contributed by atoms with van der Waals surface area (Å²) in [5, 5.41) is 8.70. The minimum Gasteiger partial charge on any atom is -0.384 e. The normalized spacial score (nSPS) is 12.6. The molecule has 1 rings (SSSR count). The van der Waals surface area contributed by atoms with Crippen LogP contribution in [0, 0.1) is 17.7 Å². The molecule has 0 aliphatic carbocycles. The van der Waals surface area contributed by atoms with E-state index in [2.05, 4.69) is 16.6 Å². The van der Waals surface area contributed by atoms with Crippen LogP contribution in [0.25, 0.3) is 0 Å². The minimum atomic E-state index is -3.85. The maximum atomic E-state index is 13.2. The van der Waals surface area contributed by atoms with Crippen molar-refractivity contribution in [3.63, 3.8) is 0 Å². The molecule has 0 radical (unpaired) electrons. The van der Waals surface area contributed by atoms with Crippen LogP contribution in [0.5, 0.6) is 0 Å². The fraction of sp³-hybridized carbons (Fsp3) is 0.429. The average molecular weight is 315 g/mol. The van der Waals surface area contributed by atoms with Crippen LogP contribution in [-0.2, 0) is 14.8 Å². The van der Waals surface area contributed by atoms with Crippen LogP contribution in [0.2, 0.25) is 0 Å². The lowest BCUT2D eigenvalue weighted by molar-refractivity contribution is 0.173. The number of aliphatic hydroxyl groups excluding tert-OH is 1. The molecule has 1 aromatic rings. The predicted molar refractivity (Wildman–Crippen MR) is 76.6 cm³/mol. The van der Waals surface area contributed by atoms with Crippen molar-refractivity contribution in [1.29, 1.82) is 0 Å². The van der Waals surface area contributed by atoms with Crippen molar-refractivity contribution in [3.05, 3.63) is 29.6 Å². The van der Waals surface area contributed by atoms with Crippen LogP contribution in [0.15, 0.2) is 23.1 Å². The number of sulfonamides is 1. The quantitative estimate of drug-likeness (QED) is 0.764. The standard InChI is InChI=1S/C14H18FNO4S/c1-3-13(10-20-2)16-21(18,19)14-7-6-12(15)9-11(14)5-4-8-17/h6-7,9,13,16-17H,3,8,10H2,1-2H3. The first-order valence-electron chi connectivity index (χ1n) is 6.35. The molecule has 7 heteroatoms. The summed E-state index contributed by atoms with van der Waals surface area (Å²) in [6.45, 7) is 1.61. The van der Waals surface area contributed by atoms with Crippen molar-refractivity contribution < 1.29 is 22.7 Å². The average Bonchev–Trinajstić information content (AvgIpc) is 2.44. The molecule has 0 bridgehead atoms. The number of aliphatic hydroxyl groups is 1. The number of halogens is 1. The molecule has 0 spiro atoms. The molecule has 5 nitrogen and oxygen atoms in total. The van der Waals surface area contributed by atoms with Gasteiger partial charge in [-0.3, -0.25) is 0 Å². The van der Waals surface area contributed by atoms with E-state index in [0.717, 1.165) is 18.2 Å². The van der Waals surface area contributed by atoms with Gasteiger partial charge in [-0.25, -0.2) is 17.5 Å². The summed E-state index contributed by atoms with van der Waals surface area (Å²) < 4.78 is 45.4. The third kappa shape index (κ3) is 5.10. The number of hydrogen-bond acceptors (Lipinski definition) is 4. The largest absolute Gasteiger partial charge is 0.384 e.